The second-order valence-corrected chi connectivity index (χ2v) is 6.60. The minimum atomic E-state index is 0.0531. The number of carbonyl (C=O) groups is 1. The Balaban J connectivity index is 2.18. The molecular weight excluding hydrogens is 369 g/mol. The lowest BCUT2D eigenvalue weighted by atomic mass is 10.1. The second kappa shape index (κ2) is 5.72. The van der Waals surface area contributed by atoms with E-state index >= 15 is 0 Å². The first-order valence-electron chi connectivity index (χ1n) is 5.45. The molecule has 1 saturated heterocycles. The van der Waals surface area contributed by atoms with Gasteiger partial charge in [0.15, 0.2) is 0 Å². The standard InChI is InChI=1S/C12H12Br2ClNO/c13-9-4-8(5-10(14)6-9)12(17)16-3-1-2-11(15)7-16/h4-6,11H,1-3,7H2. The van der Waals surface area contributed by atoms with Crippen LogP contribution in [-0.4, -0.2) is 29.3 Å². The van der Waals surface area contributed by atoms with Crippen molar-refractivity contribution in [2.45, 2.75) is 18.2 Å². The first kappa shape index (κ1) is 13.4. The van der Waals surface area contributed by atoms with E-state index in [1.165, 1.54) is 0 Å². The predicted molar refractivity (Wildman–Crippen MR) is 76.6 cm³/mol. The Bertz CT molecular complexity index is 418. The van der Waals surface area contributed by atoms with Crippen LogP contribution in [0.15, 0.2) is 27.1 Å². The van der Waals surface area contributed by atoms with E-state index in [4.69, 9.17) is 11.6 Å². The monoisotopic (exact) mass is 379 g/mol. The normalized spacial score (nSPS) is 20.4. The largest absolute Gasteiger partial charge is 0.337 e. The fraction of sp³-hybridized carbons (Fsp3) is 0.417. The lowest BCUT2D eigenvalue weighted by molar-refractivity contribution is 0.0727. The van der Waals surface area contributed by atoms with E-state index in [1.54, 1.807) is 0 Å². The van der Waals surface area contributed by atoms with Crippen molar-refractivity contribution in [3.05, 3.63) is 32.7 Å². The number of nitrogens with zero attached hydrogens (tertiary/aromatic N) is 1. The summed E-state index contributed by atoms with van der Waals surface area (Å²) in [6.07, 6.45) is 1.97. The highest BCUT2D eigenvalue weighted by Gasteiger charge is 2.23. The van der Waals surface area contributed by atoms with Crippen molar-refractivity contribution in [2.75, 3.05) is 13.1 Å². The summed E-state index contributed by atoms with van der Waals surface area (Å²) in [4.78, 5) is 14.1. The minimum Gasteiger partial charge on any atom is -0.337 e. The van der Waals surface area contributed by atoms with Crippen LogP contribution in [0, 0.1) is 0 Å². The van der Waals surface area contributed by atoms with E-state index < -0.39 is 0 Å². The van der Waals surface area contributed by atoms with Crippen LogP contribution in [0.25, 0.3) is 0 Å². The topological polar surface area (TPSA) is 20.3 Å². The summed E-state index contributed by atoms with van der Waals surface area (Å²) >= 11 is 12.9. The molecule has 1 heterocycles. The number of hydrogen-bond acceptors (Lipinski definition) is 1. The maximum atomic E-state index is 12.3. The zero-order valence-corrected chi connectivity index (χ0v) is 13.1. The number of halogens is 3. The number of benzene rings is 1. The molecule has 1 aromatic carbocycles. The highest BCUT2D eigenvalue weighted by molar-refractivity contribution is 9.11. The number of rotatable bonds is 1. The zero-order chi connectivity index (χ0) is 12.4. The van der Waals surface area contributed by atoms with Gasteiger partial charge < -0.3 is 4.90 Å². The van der Waals surface area contributed by atoms with Crippen LogP contribution in [0.2, 0.25) is 0 Å². The van der Waals surface area contributed by atoms with Gasteiger partial charge in [0.1, 0.15) is 0 Å². The molecule has 17 heavy (non-hydrogen) atoms. The van der Waals surface area contributed by atoms with Gasteiger partial charge in [0.05, 0.1) is 5.38 Å². The van der Waals surface area contributed by atoms with Gasteiger partial charge in [-0.05, 0) is 31.0 Å². The van der Waals surface area contributed by atoms with Crippen molar-refractivity contribution in [2.24, 2.45) is 0 Å². The molecule has 0 bridgehead atoms. The van der Waals surface area contributed by atoms with Crippen LogP contribution >= 0.6 is 43.5 Å². The maximum absolute atomic E-state index is 12.3. The lowest BCUT2D eigenvalue weighted by Gasteiger charge is -2.30. The first-order valence-corrected chi connectivity index (χ1v) is 7.48. The number of amides is 1. The summed E-state index contributed by atoms with van der Waals surface area (Å²) in [7, 11) is 0. The van der Waals surface area contributed by atoms with Crippen molar-refractivity contribution in [3.8, 4) is 0 Å². The lowest BCUT2D eigenvalue weighted by Crippen LogP contribution is -2.40. The Hall–Kier alpha value is -0.0600. The third kappa shape index (κ3) is 3.46. The molecule has 0 radical (unpaired) electrons. The third-order valence-electron chi connectivity index (χ3n) is 2.76. The van der Waals surface area contributed by atoms with Gasteiger partial charge in [0, 0.05) is 27.6 Å². The van der Waals surface area contributed by atoms with Crippen LogP contribution in [0.5, 0.6) is 0 Å². The van der Waals surface area contributed by atoms with E-state index in [2.05, 4.69) is 31.9 Å². The summed E-state index contributed by atoms with van der Waals surface area (Å²) in [5.41, 5.74) is 0.692. The van der Waals surface area contributed by atoms with E-state index in [-0.39, 0.29) is 11.3 Å². The second-order valence-electron chi connectivity index (χ2n) is 4.15. The smallest absolute Gasteiger partial charge is 0.253 e. The van der Waals surface area contributed by atoms with Crippen LogP contribution in [0.4, 0.5) is 0 Å². The van der Waals surface area contributed by atoms with E-state index in [1.807, 2.05) is 23.1 Å². The van der Waals surface area contributed by atoms with Gasteiger partial charge in [-0.1, -0.05) is 31.9 Å². The average molecular weight is 381 g/mol. The predicted octanol–water partition coefficient (Wildman–Crippen LogP) is 4.06. The molecule has 0 spiro atoms. The van der Waals surface area contributed by atoms with Gasteiger partial charge in [0.2, 0.25) is 0 Å². The zero-order valence-electron chi connectivity index (χ0n) is 9.13. The Labute approximate surface area is 123 Å². The van der Waals surface area contributed by atoms with Crippen LogP contribution in [0.1, 0.15) is 23.2 Å². The van der Waals surface area contributed by atoms with E-state index in [9.17, 15) is 4.79 Å². The van der Waals surface area contributed by atoms with Crippen molar-refractivity contribution in [1.29, 1.82) is 0 Å². The van der Waals surface area contributed by atoms with Crippen molar-refractivity contribution >= 4 is 49.4 Å². The molecule has 0 N–H and O–H groups in total. The van der Waals surface area contributed by atoms with Gasteiger partial charge in [0.25, 0.3) is 5.91 Å². The first-order chi connectivity index (χ1) is 8.06. The molecule has 1 unspecified atom stereocenters. The number of likely N-dealkylation sites (tertiary alicyclic amines) is 1. The molecule has 1 aliphatic heterocycles. The third-order valence-corrected chi connectivity index (χ3v) is 4.03. The highest BCUT2D eigenvalue weighted by atomic mass is 79.9. The Kier molecular flexibility index (Phi) is 4.50. The summed E-state index contributed by atoms with van der Waals surface area (Å²) in [5, 5.41) is 0.0864. The van der Waals surface area contributed by atoms with Gasteiger partial charge in [-0.25, -0.2) is 0 Å². The quantitative estimate of drug-likeness (QED) is 0.672. The van der Waals surface area contributed by atoms with Crippen LogP contribution in [0.3, 0.4) is 0 Å². The van der Waals surface area contributed by atoms with Crippen molar-refractivity contribution < 1.29 is 4.79 Å². The van der Waals surface area contributed by atoms with Crippen molar-refractivity contribution in [1.82, 2.24) is 4.90 Å². The van der Waals surface area contributed by atoms with Crippen molar-refractivity contribution in [3.63, 3.8) is 0 Å². The molecule has 0 saturated carbocycles. The Morgan fingerprint density at radius 1 is 1.29 bits per heavy atom. The number of carbonyl (C=O) groups excluding carboxylic acids is 1. The molecule has 1 atom stereocenters. The SMILES string of the molecule is O=C(c1cc(Br)cc(Br)c1)N1CCCC(Cl)C1. The molecule has 1 aromatic rings. The molecule has 1 fully saturated rings. The van der Waals surface area contributed by atoms with E-state index in [0.29, 0.717) is 12.1 Å². The number of alkyl halides is 1. The molecule has 2 nitrogen and oxygen atoms in total. The van der Waals surface area contributed by atoms with Crippen LogP contribution in [-0.2, 0) is 0 Å². The molecule has 0 aliphatic carbocycles. The molecule has 2 rings (SSSR count). The molecule has 5 heteroatoms. The summed E-state index contributed by atoms with van der Waals surface area (Å²) in [6, 6.07) is 5.59. The number of hydrogen-bond donors (Lipinski definition) is 0. The molecule has 1 amide bonds. The van der Waals surface area contributed by atoms with E-state index in [0.717, 1.165) is 28.3 Å². The van der Waals surface area contributed by atoms with Gasteiger partial charge >= 0.3 is 0 Å². The Morgan fingerprint density at radius 3 is 2.53 bits per heavy atom. The van der Waals surface area contributed by atoms with Gasteiger partial charge in [-0.2, -0.15) is 0 Å². The average Bonchev–Trinajstić information content (AvgIpc) is 2.26. The van der Waals surface area contributed by atoms with Gasteiger partial charge in [-0.3, -0.25) is 4.79 Å². The number of piperidine rings is 1. The molecule has 0 aromatic heterocycles. The molecule has 92 valence electrons. The summed E-state index contributed by atoms with van der Waals surface area (Å²) < 4.78 is 1.80. The minimum absolute atomic E-state index is 0.0531. The maximum Gasteiger partial charge on any atom is 0.253 e. The fourth-order valence-corrected chi connectivity index (χ4v) is 3.58. The highest BCUT2D eigenvalue weighted by Crippen LogP contribution is 2.23. The molecular formula is C12H12Br2ClNO. The Morgan fingerprint density at radius 2 is 1.94 bits per heavy atom. The van der Waals surface area contributed by atoms with Gasteiger partial charge in [-0.15, -0.1) is 11.6 Å². The fourth-order valence-electron chi connectivity index (χ4n) is 1.97. The summed E-state index contributed by atoms with van der Waals surface area (Å²) in [6.45, 7) is 1.44. The molecule has 1 aliphatic rings. The van der Waals surface area contributed by atoms with Crippen LogP contribution < -0.4 is 0 Å². The summed E-state index contributed by atoms with van der Waals surface area (Å²) in [5.74, 6) is 0.0531.